The van der Waals surface area contributed by atoms with Gasteiger partial charge in [-0.3, -0.25) is 9.69 Å². The first-order chi connectivity index (χ1) is 16.9. The van der Waals surface area contributed by atoms with Crippen LogP contribution in [0.2, 0.25) is 0 Å². The Balaban J connectivity index is 0.000000404. The van der Waals surface area contributed by atoms with Gasteiger partial charge in [0.1, 0.15) is 0 Å². The summed E-state index contributed by atoms with van der Waals surface area (Å²) in [5.74, 6) is -4.49. The monoisotopic (exact) mass is 547 g/mol. The molecule has 37 heavy (non-hydrogen) atoms. The van der Waals surface area contributed by atoms with Gasteiger partial charge in [0.2, 0.25) is 11.8 Å². The third kappa shape index (κ3) is 9.35. The van der Waals surface area contributed by atoms with E-state index >= 15 is 0 Å². The molecule has 2 atom stereocenters. The first kappa shape index (κ1) is 31.9. The fraction of sp³-hybridized carbons (Fsp3) is 0.619. The molecule has 0 spiro atoms. The van der Waals surface area contributed by atoms with Gasteiger partial charge in [-0.05, 0) is 19.9 Å². The van der Waals surface area contributed by atoms with Crippen LogP contribution in [-0.4, -0.2) is 89.8 Å². The second-order valence-corrected chi connectivity index (χ2v) is 8.44. The van der Waals surface area contributed by atoms with Crippen molar-refractivity contribution >= 4 is 17.8 Å². The van der Waals surface area contributed by atoms with Crippen molar-refractivity contribution in [3.05, 3.63) is 23.9 Å². The molecule has 0 radical (unpaired) electrons. The summed E-state index contributed by atoms with van der Waals surface area (Å²) in [5.41, 5.74) is 0.634. The Bertz CT molecular complexity index is 918. The highest BCUT2D eigenvalue weighted by Crippen LogP contribution is 2.42. The number of alkyl halides is 6. The van der Waals surface area contributed by atoms with Crippen LogP contribution in [-0.2, 0) is 25.7 Å². The van der Waals surface area contributed by atoms with E-state index in [1.165, 1.54) is 0 Å². The van der Waals surface area contributed by atoms with E-state index in [9.17, 15) is 31.1 Å². The number of carbonyl (C=O) groups is 3. The molecule has 1 aromatic rings. The molecule has 210 valence electrons. The largest absolute Gasteiger partial charge is 0.490 e. The number of hydrogen-bond acceptors (Lipinski definition) is 7. The van der Waals surface area contributed by atoms with Crippen molar-refractivity contribution in [2.45, 2.75) is 38.8 Å². The summed E-state index contributed by atoms with van der Waals surface area (Å²) >= 11 is 0. The standard InChI is InChI=1S/C17H25N3O3.2C2HF3O2/c1-12(2)19-16(21)17-10-20(8-14(17)9-23-11-17)7-13-5-4-6-18-15(13)22-3;2*3-2(4,5)1(6)7/h4-6,12,14H,7-11H2,1-3H3,(H,19,21);2*(H,6,7)/t14-,17-;;/m1../s1. The number of hydrogen-bond donors (Lipinski definition) is 3. The predicted molar refractivity (Wildman–Crippen MR) is 113 cm³/mol. The summed E-state index contributed by atoms with van der Waals surface area (Å²) in [6.07, 6.45) is -8.44. The Morgan fingerprint density at radius 3 is 2.19 bits per heavy atom. The summed E-state index contributed by atoms with van der Waals surface area (Å²) < 4.78 is 74.4. The number of halogens is 6. The van der Waals surface area contributed by atoms with E-state index in [2.05, 4.69) is 15.2 Å². The third-order valence-electron chi connectivity index (χ3n) is 5.24. The molecule has 3 N–H and O–H groups in total. The molecule has 3 heterocycles. The van der Waals surface area contributed by atoms with Crippen molar-refractivity contribution in [3.63, 3.8) is 0 Å². The average Bonchev–Trinajstić information content (AvgIpc) is 3.31. The highest BCUT2D eigenvalue weighted by Gasteiger charge is 2.55. The number of carbonyl (C=O) groups excluding carboxylic acids is 1. The zero-order chi connectivity index (χ0) is 28.6. The van der Waals surface area contributed by atoms with Gasteiger partial charge in [0.05, 0.1) is 25.7 Å². The van der Waals surface area contributed by atoms with Crippen LogP contribution in [0.3, 0.4) is 0 Å². The number of carboxylic acid groups (broad SMARTS) is 2. The maximum atomic E-state index is 12.7. The van der Waals surface area contributed by atoms with E-state index in [4.69, 9.17) is 29.3 Å². The fourth-order valence-electron chi connectivity index (χ4n) is 3.66. The van der Waals surface area contributed by atoms with Gasteiger partial charge in [0.15, 0.2) is 0 Å². The maximum Gasteiger partial charge on any atom is 0.490 e. The number of nitrogens with one attached hydrogen (secondary N) is 1. The van der Waals surface area contributed by atoms with Crippen LogP contribution in [0.15, 0.2) is 18.3 Å². The molecule has 0 bridgehead atoms. The SMILES string of the molecule is COc1ncccc1CN1C[C@@H]2COC[C@]2(C(=O)NC(C)C)C1.O=C(O)C(F)(F)F.O=C(O)C(F)(F)F. The van der Waals surface area contributed by atoms with Crippen LogP contribution in [0.4, 0.5) is 26.3 Å². The quantitative estimate of drug-likeness (QED) is 0.474. The Morgan fingerprint density at radius 2 is 1.73 bits per heavy atom. The van der Waals surface area contributed by atoms with Crippen LogP contribution < -0.4 is 10.1 Å². The zero-order valence-electron chi connectivity index (χ0n) is 20.0. The van der Waals surface area contributed by atoms with Crippen LogP contribution >= 0.6 is 0 Å². The van der Waals surface area contributed by atoms with Crippen molar-refractivity contribution in [1.29, 1.82) is 0 Å². The number of pyridine rings is 1. The lowest BCUT2D eigenvalue weighted by atomic mass is 9.80. The Morgan fingerprint density at radius 1 is 1.19 bits per heavy atom. The van der Waals surface area contributed by atoms with Crippen molar-refractivity contribution in [3.8, 4) is 5.88 Å². The normalized spacial score (nSPS) is 21.2. The zero-order valence-corrected chi connectivity index (χ0v) is 20.0. The summed E-state index contributed by atoms with van der Waals surface area (Å²) in [4.78, 5) is 37.1. The lowest BCUT2D eigenvalue weighted by molar-refractivity contribution is -0.193. The molecule has 1 aromatic heterocycles. The number of rotatable bonds is 5. The van der Waals surface area contributed by atoms with Gasteiger partial charge >= 0.3 is 24.3 Å². The first-order valence-electron chi connectivity index (χ1n) is 10.6. The molecule has 3 rings (SSSR count). The Labute approximate surface area is 207 Å². The summed E-state index contributed by atoms with van der Waals surface area (Å²) in [5, 5.41) is 17.3. The molecule has 0 aromatic carbocycles. The van der Waals surface area contributed by atoms with Gasteiger partial charge < -0.3 is 25.0 Å². The van der Waals surface area contributed by atoms with Gasteiger partial charge in [0.25, 0.3) is 0 Å². The fourth-order valence-corrected chi connectivity index (χ4v) is 3.66. The molecule has 2 fully saturated rings. The molecule has 10 nitrogen and oxygen atoms in total. The molecule has 1 amide bonds. The summed E-state index contributed by atoms with van der Waals surface area (Å²) in [6, 6.07) is 4.08. The highest BCUT2D eigenvalue weighted by atomic mass is 19.4. The molecular weight excluding hydrogens is 520 g/mol. The number of ether oxygens (including phenoxy) is 2. The second kappa shape index (κ2) is 12.9. The minimum atomic E-state index is -5.08. The number of fused-ring (bicyclic) bond motifs is 1. The van der Waals surface area contributed by atoms with Crippen molar-refractivity contribution in [1.82, 2.24) is 15.2 Å². The topological polar surface area (TPSA) is 138 Å². The van der Waals surface area contributed by atoms with Crippen LogP contribution in [0.5, 0.6) is 5.88 Å². The highest BCUT2D eigenvalue weighted by molar-refractivity contribution is 5.84. The van der Waals surface area contributed by atoms with Crippen molar-refractivity contribution in [2.75, 3.05) is 33.4 Å². The van der Waals surface area contributed by atoms with Crippen molar-refractivity contribution in [2.24, 2.45) is 11.3 Å². The minimum absolute atomic E-state index is 0.121. The van der Waals surface area contributed by atoms with E-state index in [1.807, 2.05) is 26.0 Å². The predicted octanol–water partition coefficient (Wildman–Crippen LogP) is 2.33. The van der Waals surface area contributed by atoms with E-state index in [0.29, 0.717) is 25.6 Å². The van der Waals surface area contributed by atoms with Crippen LogP contribution in [0.25, 0.3) is 0 Å². The Hall–Kier alpha value is -3.14. The number of methoxy groups -OCH3 is 1. The van der Waals surface area contributed by atoms with Gasteiger partial charge in [-0.1, -0.05) is 6.07 Å². The third-order valence-corrected chi connectivity index (χ3v) is 5.24. The van der Waals surface area contributed by atoms with Crippen LogP contribution in [0.1, 0.15) is 19.4 Å². The number of aromatic nitrogens is 1. The maximum absolute atomic E-state index is 12.7. The van der Waals surface area contributed by atoms with E-state index in [1.54, 1.807) is 13.3 Å². The Kier molecular flexibility index (Phi) is 11.1. The molecule has 2 aliphatic rings. The van der Waals surface area contributed by atoms with E-state index < -0.39 is 29.7 Å². The van der Waals surface area contributed by atoms with E-state index in [0.717, 1.165) is 18.7 Å². The average molecular weight is 547 g/mol. The molecule has 0 unspecified atom stereocenters. The summed E-state index contributed by atoms with van der Waals surface area (Å²) in [7, 11) is 1.63. The number of aliphatic carboxylic acids is 2. The molecule has 0 saturated carbocycles. The lowest BCUT2D eigenvalue weighted by Gasteiger charge is -2.27. The van der Waals surface area contributed by atoms with Crippen molar-refractivity contribution < 1.29 is 60.4 Å². The van der Waals surface area contributed by atoms with Gasteiger partial charge in [-0.2, -0.15) is 26.3 Å². The summed E-state index contributed by atoms with van der Waals surface area (Å²) in [6.45, 7) is 7.48. The number of nitrogens with zero attached hydrogens (tertiary/aromatic N) is 2. The number of amides is 1. The molecule has 2 aliphatic heterocycles. The smallest absolute Gasteiger partial charge is 0.481 e. The van der Waals surface area contributed by atoms with Crippen LogP contribution in [0, 0.1) is 11.3 Å². The second-order valence-electron chi connectivity index (χ2n) is 8.44. The molecular formula is C21H27F6N3O7. The van der Waals surface area contributed by atoms with Gasteiger partial charge in [-0.25, -0.2) is 14.6 Å². The molecule has 2 saturated heterocycles. The molecule has 0 aliphatic carbocycles. The van der Waals surface area contributed by atoms with E-state index in [-0.39, 0.29) is 17.9 Å². The van der Waals surface area contributed by atoms with Gasteiger partial charge in [-0.15, -0.1) is 0 Å². The minimum Gasteiger partial charge on any atom is -0.481 e. The first-order valence-corrected chi connectivity index (χ1v) is 10.6. The lowest BCUT2D eigenvalue weighted by Crippen LogP contribution is -2.48. The number of carboxylic acids is 2. The number of likely N-dealkylation sites (tertiary alicyclic amines) is 1. The molecule has 16 heteroatoms. The van der Waals surface area contributed by atoms with Gasteiger partial charge in [0, 0.05) is 43.4 Å².